The number of hydrogen-bond acceptors (Lipinski definition) is 6. The molecule has 0 N–H and O–H groups in total. The van der Waals surface area contributed by atoms with Gasteiger partial charge in [0.25, 0.3) is 0 Å². The van der Waals surface area contributed by atoms with Gasteiger partial charge in [-0.15, -0.1) is 0 Å². The van der Waals surface area contributed by atoms with Gasteiger partial charge in [0.05, 0.1) is 6.61 Å². The van der Waals surface area contributed by atoms with E-state index >= 15 is 0 Å². The molecular weight excluding hydrogens is 372 g/mol. The molecule has 2 aromatic carbocycles. The minimum atomic E-state index is -0.587. The highest BCUT2D eigenvalue weighted by atomic mass is 16.6. The van der Waals surface area contributed by atoms with Crippen molar-refractivity contribution in [1.82, 2.24) is 0 Å². The van der Waals surface area contributed by atoms with E-state index in [9.17, 15) is 9.59 Å². The zero-order valence-corrected chi connectivity index (χ0v) is 17.0. The van der Waals surface area contributed by atoms with Gasteiger partial charge in [-0.3, -0.25) is 0 Å². The number of ether oxygens (including phenoxy) is 3. The number of furan rings is 1. The van der Waals surface area contributed by atoms with Crippen LogP contribution in [0.1, 0.15) is 38.1 Å². The van der Waals surface area contributed by atoms with Crippen molar-refractivity contribution >= 4 is 22.9 Å². The summed E-state index contributed by atoms with van der Waals surface area (Å²) in [7, 11) is 0. The van der Waals surface area contributed by atoms with Crippen LogP contribution >= 0.6 is 0 Å². The largest absolute Gasteiger partial charge is 0.482 e. The molecule has 0 saturated carbocycles. The van der Waals surface area contributed by atoms with Gasteiger partial charge in [-0.25, -0.2) is 9.59 Å². The summed E-state index contributed by atoms with van der Waals surface area (Å²) >= 11 is 0. The van der Waals surface area contributed by atoms with Crippen LogP contribution in [0.4, 0.5) is 0 Å². The Morgan fingerprint density at radius 2 is 1.76 bits per heavy atom. The van der Waals surface area contributed by atoms with Gasteiger partial charge in [-0.05, 0) is 45.9 Å². The normalized spacial score (nSPS) is 11.3. The fraction of sp³-hybridized carbons (Fsp3) is 0.304. The molecule has 1 aromatic heterocycles. The van der Waals surface area contributed by atoms with Crippen LogP contribution in [0.3, 0.4) is 0 Å². The zero-order valence-electron chi connectivity index (χ0n) is 17.0. The molecule has 29 heavy (non-hydrogen) atoms. The summed E-state index contributed by atoms with van der Waals surface area (Å²) in [5.74, 6) is -0.0903. The van der Waals surface area contributed by atoms with E-state index in [0.29, 0.717) is 28.0 Å². The molecule has 0 spiro atoms. The standard InChI is InChI=1S/C23H24O6/c1-5-26-22(25)20-17-13-16(27-14-19(24)29-23(2,3)4)11-12-18(17)28-21(20)15-9-7-6-8-10-15/h6-13H,5,14H2,1-4H3. The number of hydrogen-bond donors (Lipinski definition) is 0. The lowest BCUT2D eigenvalue weighted by molar-refractivity contribution is -0.157. The third-order valence-electron chi connectivity index (χ3n) is 3.95. The highest BCUT2D eigenvalue weighted by Crippen LogP contribution is 2.36. The molecule has 0 radical (unpaired) electrons. The van der Waals surface area contributed by atoms with E-state index in [2.05, 4.69) is 0 Å². The Labute approximate surface area is 169 Å². The van der Waals surface area contributed by atoms with E-state index in [1.165, 1.54) is 0 Å². The van der Waals surface area contributed by atoms with Crippen LogP contribution in [-0.4, -0.2) is 30.8 Å². The molecule has 0 saturated heterocycles. The monoisotopic (exact) mass is 396 g/mol. The van der Waals surface area contributed by atoms with Crippen molar-refractivity contribution in [3.8, 4) is 17.1 Å². The minimum Gasteiger partial charge on any atom is -0.482 e. The number of esters is 2. The third-order valence-corrected chi connectivity index (χ3v) is 3.95. The Morgan fingerprint density at radius 3 is 2.41 bits per heavy atom. The van der Waals surface area contributed by atoms with Crippen LogP contribution in [-0.2, 0) is 14.3 Å². The fourth-order valence-corrected chi connectivity index (χ4v) is 2.88. The predicted octanol–water partition coefficient (Wildman–Crippen LogP) is 5.00. The molecule has 0 aliphatic carbocycles. The summed E-state index contributed by atoms with van der Waals surface area (Å²) in [5.41, 5.74) is 1.03. The fourth-order valence-electron chi connectivity index (χ4n) is 2.88. The van der Waals surface area contributed by atoms with Crippen LogP contribution in [0, 0.1) is 0 Å². The van der Waals surface area contributed by atoms with Gasteiger partial charge in [0.1, 0.15) is 28.3 Å². The Morgan fingerprint density at radius 1 is 1.03 bits per heavy atom. The van der Waals surface area contributed by atoms with Crippen molar-refractivity contribution in [3.05, 3.63) is 54.1 Å². The molecule has 3 rings (SSSR count). The molecule has 6 nitrogen and oxygen atoms in total. The maximum atomic E-state index is 12.7. The summed E-state index contributed by atoms with van der Waals surface area (Å²) in [6.07, 6.45) is 0. The van der Waals surface area contributed by atoms with Crippen LogP contribution in [0.2, 0.25) is 0 Å². The topological polar surface area (TPSA) is 75.0 Å². The Hall–Kier alpha value is -3.28. The van der Waals surface area contributed by atoms with Gasteiger partial charge in [-0.1, -0.05) is 30.3 Å². The highest BCUT2D eigenvalue weighted by molar-refractivity contribution is 6.09. The molecule has 1 heterocycles. The van der Waals surface area contributed by atoms with Crippen molar-refractivity contribution in [2.24, 2.45) is 0 Å². The predicted molar refractivity (Wildman–Crippen MR) is 109 cm³/mol. The first-order chi connectivity index (χ1) is 13.8. The van der Waals surface area contributed by atoms with Crippen molar-refractivity contribution < 1.29 is 28.2 Å². The molecule has 0 aliphatic rings. The molecular formula is C23H24O6. The maximum Gasteiger partial charge on any atom is 0.344 e. The lowest BCUT2D eigenvalue weighted by Gasteiger charge is -2.19. The van der Waals surface area contributed by atoms with Crippen molar-refractivity contribution in [2.45, 2.75) is 33.3 Å². The van der Waals surface area contributed by atoms with Gasteiger partial charge in [0.15, 0.2) is 6.61 Å². The Balaban J connectivity index is 1.95. The molecule has 6 heteroatoms. The van der Waals surface area contributed by atoms with Crippen LogP contribution in [0.15, 0.2) is 52.9 Å². The molecule has 0 bridgehead atoms. The van der Waals surface area contributed by atoms with Gasteiger partial charge in [0, 0.05) is 10.9 Å². The molecule has 0 amide bonds. The summed E-state index contributed by atoms with van der Waals surface area (Å²) in [6, 6.07) is 14.4. The molecule has 0 aliphatic heterocycles. The molecule has 0 atom stereocenters. The molecule has 0 fully saturated rings. The smallest absolute Gasteiger partial charge is 0.344 e. The van der Waals surface area contributed by atoms with E-state index < -0.39 is 17.5 Å². The molecule has 3 aromatic rings. The number of benzene rings is 2. The number of carbonyl (C=O) groups is 2. The first kappa shape index (κ1) is 20.5. The van der Waals surface area contributed by atoms with Crippen molar-refractivity contribution in [2.75, 3.05) is 13.2 Å². The number of fused-ring (bicyclic) bond motifs is 1. The van der Waals surface area contributed by atoms with Gasteiger partial charge in [0.2, 0.25) is 0 Å². The average molecular weight is 396 g/mol. The zero-order chi connectivity index (χ0) is 21.0. The average Bonchev–Trinajstić information content (AvgIpc) is 3.05. The Bertz CT molecular complexity index is 1010. The first-order valence-corrected chi connectivity index (χ1v) is 9.42. The second-order valence-electron chi connectivity index (χ2n) is 7.43. The SMILES string of the molecule is CCOC(=O)c1c(-c2ccccc2)oc2ccc(OCC(=O)OC(C)(C)C)cc12. The first-order valence-electron chi connectivity index (χ1n) is 9.42. The van der Waals surface area contributed by atoms with Crippen LogP contribution < -0.4 is 4.74 Å². The molecule has 152 valence electrons. The Kier molecular flexibility index (Phi) is 5.92. The van der Waals surface area contributed by atoms with Crippen LogP contribution in [0.5, 0.6) is 5.75 Å². The third kappa shape index (κ3) is 4.96. The summed E-state index contributed by atoms with van der Waals surface area (Å²) in [4.78, 5) is 24.6. The van der Waals surface area contributed by atoms with Crippen molar-refractivity contribution in [1.29, 1.82) is 0 Å². The summed E-state index contributed by atoms with van der Waals surface area (Å²) < 4.78 is 22.0. The van der Waals surface area contributed by atoms with Gasteiger partial charge >= 0.3 is 11.9 Å². The molecule has 0 unspecified atom stereocenters. The summed E-state index contributed by atoms with van der Waals surface area (Å²) in [5, 5.41) is 0.559. The van der Waals surface area contributed by atoms with Crippen LogP contribution in [0.25, 0.3) is 22.3 Å². The van der Waals surface area contributed by atoms with E-state index in [1.54, 1.807) is 45.9 Å². The van der Waals surface area contributed by atoms with Gasteiger partial charge < -0.3 is 18.6 Å². The second-order valence-corrected chi connectivity index (χ2v) is 7.43. The van der Waals surface area contributed by atoms with E-state index in [4.69, 9.17) is 18.6 Å². The second kappa shape index (κ2) is 8.39. The summed E-state index contributed by atoms with van der Waals surface area (Å²) in [6.45, 7) is 7.13. The minimum absolute atomic E-state index is 0.235. The van der Waals surface area contributed by atoms with E-state index in [1.807, 2.05) is 30.3 Å². The lowest BCUT2D eigenvalue weighted by Crippen LogP contribution is -2.27. The number of rotatable bonds is 6. The van der Waals surface area contributed by atoms with Gasteiger partial charge in [-0.2, -0.15) is 0 Å². The highest BCUT2D eigenvalue weighted by Gasteiger charge is 2.24. The number of carbonyl (C=O) groups excluding carboxylic acids is 2. The lowest BCUT2D eigenvalue weighted by atomic mass is 10.1. The maximum absolute atomic E-state index is 12.7. The van der Waals surface area contributed by atoms with E-state index in [0.717, 1.165) is 5.56 Å². The van der Waals surface area contributed by atoms with E-state index in [-0.39, 0.29) is 13.2 Å². The van der Waals surface area contributed by atoms with Crippen molar-refractivity contribution in [3.63, 3.8) is 0 Å². The quantitative estimate of drug-likeness (QED) is 0.546.